The molecule has 10 nitrogen and oxygen atoms in total. The monoisotopic (exact) mass is 430 g/mol. The van der Waals surface area contributed by atoms with Crippen LogP contribution < -0.4 is 11.0 Å². The van der Waals surface area contributed by atoms with Gasteiger partial charge in [-0.05, 0) is 43.7 Å². The largest absolute Gasteiger partial charge is 0.381 e. The van der Waals surface area contributed by atoms with Crippen LogP contribution in [0.1, 0.15) is 31.7 Å². The predicted molar refractivity (Wildman–Crippen MR) is 119 cm³/mol. The Bertz CT molecular complexity index is 1420. The third kappa shape index (κ3) is 3.22. The number of anilines is 1. The van der Waals surface area contributed by atoms with E-state index >= 15 is 0 Å². The molecular weight excluding hydrogens is 408 g/mol. The number of hydrogen-bond donors (Lipinski definition) is 2. The summed E-state index contributed by atoms with van der Waals surface area (Å²) in [6, 6.07) is 5.37. The van der Waals surface area contributed by atoms with Crippen LogP contribution in [0.25, 0.3) is 33.0 Å². The summed E-state index contributed by atoms with van der Waals surface area (Å²) < 4.78 is 9.01. The lowest BCUT2D eigenvalue weighted by Crippen LogP contribution is -2.27. The number of hydrogen-bond acceptors (Lipinski definition) is 6. The number of nitrogens with one attached hydrogen (secondary N) is 2. The molecule has 1 saturated heterocycles. The second kappa shape index (κ2) is 7.46. The minimum Gasteiger partial charge on any atom is -0.381 e. The van der Waals surface area contributed by atoms with Crippen LogP contribution in [0.3, 0.4) is 0 Å². The van der Waals surface area contributed by atoms with Crippen LogP contribution in [0.4, 0.5) is 11.5 Å². The fraction of sp³-hybridized carbons (Fsp3) is 0.409. The molecule has 0 amide bonds. The molecular formula is C22H22N8O2. The summed E-state index contributed by atoms with van der Waals surface area (Å²) in [4.78, 5) is 33.5. The molecule has 4 heterocycles. The third-order valence-corrected chi connectivity index (χ3v) is 6.24. The lowest BCUT2D eigenvalue weighted by molar-refractivity contribution is 0.0697. The Morgan fingerprint density at radius 3 is 2.84 bits per heavy atom. The molecule has 3 aromatic heterocycles. The van der Waals surface area contributed by atoms with E-state index in [4.69, 9.17) is 21.3 Å². The maximum Gasteiger partial charge on any atom is 0.328 e. The Morgan fingerprint density at radius 1 is 1.22 bits per heavy atom. The van der Waals surface area contributed by atoms with E-state index in [1.165, 1.54) is 12.8 Å². The van der Waals surface area contributed by atoms with Crippen LogP contribution >= 0.6 is 0 Å². The molecule has 0 unspecified atom stereocenters. The summed E-state index contributed by atoms with van der Waals surface area (Å²) in [6.45, 7) is 9.39. The number of benzene rings is 1. The molecule has 2 fully saturated rings. The lowest BCUT2D eigenvalue weighted by Gasteiger charge is -2.23. The molecule has 1 aromatic carbocycles. The minimum absolute atomic E-state index is 0.0253. The van der Waals surface area contributed by atoms with E-state index < -0.39 is 0 Å². The quantitative estimate of drug-likeness (QED) is 0.471. The Kier molecular flexibility index (Phi) is 4.43. The van der Waals surface area contributed by atoms with Crippen molar-refractivity contribution in [2.24, 2.45) is 5.92 Å². The number of fused-ring (bicyclic) bond motifs is 2. The van der Waals surface area contributed by atoms with Crippen molar-refractivity contribution >= 4 is 33.7 Å². The fourth-order valence-corrected chi connectivity index (χ4v) is 4.30. The van der Waals surface area contributed by atoms with E-state index in [1.807, 2.05) is 6.07 Å². The Hall–Kier alpha value is -3.71. The van der Waals surface area contributed by atoms with Gasteiger partial charge in [-0.1, -0.05) is 6.07 Å². The average molecular weight is 430 g/mol. The van der Waals surface area contributed by atoms with Crippen LogP contribution in [-0.2, 0) is 4.74 Å². The second-order valence-corrected chi connectivity index (χ2v) is 8.44. The molecule has 162 valence electrons. The van der Waals surface area contributed by atoms with E-state index in [-0.39, 0.29) is 11.7 Å². The summed E-state index contributed by atoms with van der Waals surface area (Å²) >= 11 is 0. The first-order valence-corrected chi connectivity index (χ1v) is 10.9. The van der Waals surface area contributed by atoms with Gasteiger partial charge in [-0.2, -0.15) is 9.97 Å². The van der Waals surface area contributed by atoms with Gasteiger partial charge in [-0.25, -0.2) is 14.6 Å². The minimum atomic E-state index is -0.182. The molecule has 2 N–H and O–H groups in total. The Balaban J connectivity index is 1.55. The summed E-state index contributed by atoms with van der Waals surface area (Å²) in [5.74, 6) is 1.67. The van der Waals surface area contributed by atoms with E-state index in [0.29, 0.717) is 47.7 Å². The molecule has 1 aliphatic carbocycles. The van der Waals surface area contributed by atoms with Crippen molar-refractivity contribution in [3.63, 3.8) is 0 Å². The molecule has 1 saturated carbocycles. The molecule has 6 rings (SSSR count). The van der Waals surface area contributed by atoms with Crippen LogP contribution in [0.15, 0.2) is 29.3 Å². The van der Waals surface area contributed by atoms with Crippen LogP contribution in [0.2, 0.25) is 0 Å². The first kappa shape index (κ1) is 19.0. The second-order valence-electron chi connectivity index (χ2n) is 8.44. The van der Waals surface area contributed by atoms with Crippen molar-refractivity contribution in [2.75, 3.05) is 25.1 Å². The van der Waals surface area contributed by atoms with E-state index in [9.17, 15) is 4.79 Å². The Morgan fingerprint density at radius 2 is 2.06 bits per heavy atom. The molecule has 10 heteroatoms. The lowest BCUT2D eigenvalue weighted by atomic mass is 10.1. The van der Waals surface area contributed by atoms with Gasteiger partial charge >= 0.3 is 5.69 Å². The van der Waals surface area contributed by atoms with Crippen molar-refractivity contribution in [3.05, 3.63) is 46.4 Å². The number of nitrogens with zero attached hydrogens (tertiary/aromatic N) is 6. The van der Waals surface area contributed by atoms with Crippen LogP contribution in [-0.4, -0.2) is 48.8 Å². The maximum absolute atomic E-state index is 13.0. The van der Waals surface area contributed by atoms with Gasteiger partial charge in [0.05, 0.1) is 17.6 Å². The standard InChI is InChI=1S/C22H22N8O2/c1-23-14-4-5-16-17(10-14)29(12-25-16)21-27-19(24-11-13-2-3-13)18-20(28-21)30(22(31)26-18)15-6-8-32-9-7-15/h4-5,10,12-13,15H,2-3,6-9,11H2,(H,26,31)(H,24,27,28). The normalized spacial score (nSPS) is 17.1. The summed E-state index contributed by atoms with van der Waals surface area (Å²) in [6.07, 6.45) is 5.60. The SMILES string of the molecule is [C-]#[N+]c1ccc2ncn(-c3nc(NCC4CC4)c4[nH]c(=O)n(C5CCOCC5)c4n3)c2c1. The molecule has 0 radical (unpaired) electrons. The topological polar surface area (TPSA) is 107 Å². The van der Waals surface area contributed by atoms with Gasteiger partial charge < -0.3 is 15.0 Å². The van der Waals surface area contributed by atoms with Crippen molar-refractivity contribution in [3.8, 4) is 5.95 Å². The number of aromatic nitrogens is 6. The third-order valence-electron chi connectivity index (χ3n) is 6.24. The zero-order chi connectivity index (χ0) is 21.7. The fourth-order valence-electron chi connectivity index (χ4n) is 4.30. The van der Waals surface area contributed by atoms with Gasteiger partial charge in [-0.3, -0.25) is 9.13 Å². The molecule has 0 spiro atoms. The summed E-state index contributed by atoms with van der Waals surface area (Å²) in [5.41, 5.74) is 3.04. The van der Waals surface area contributed by atoms with Crippen molar-refractivity contribution < 1.29 is 4.74 Å². The molecule has 4 aromatic rings. The van der Waals surface area contributed by atoms with Crippen LogP contribution in [0, 0.1) is 12.5 Å². The number of rotatable bonds is 5. The predicted octanol–water partition coefficient (Wildman–Crippen LogP) is 3.18. The first-order valence-electron chi connectivity index (χ1n) is 10.9. The van der Waals surface area contributed by atoms with Gasteiger partial charge in [-0.15, -0.1) is 0 Å². The summed E-state index contributed by atoms with van der Waals surface area (Å²) in [5, 5.41) is 3.42. The van der Waals surface area contributed by atoms with Gasteiger partial charge in [0.15, 0.2) is 17.2 Å². The summed E-state index contributed by atoms with van der Waals surface area (Å²) in [7, 11) is 0. The van der Waals surface area contributed by atoms with E-state index in [0.717, 1.165) is 30.4 Å². The number of ether oxygens (including phenoxy) is 1. The van der Waals surface area contributed by atoms with Crippen LogP contribution in [0.5, 0.6) is 0 Å². The van der Waals surface area contributed by atoms with E-state index in [2.05, 4.69) is 20.1 Å². The highest BCUT2D eigenvalue weighted by atomic mass is 16.5. The highest BCUT2D eigenvalue weighted by molar-refractivity contribution is 5.85. The van der Waals surface area contributed by atoms with Crippen molar-refractivity contribution in [1.82, 2.24) is 29.1 Å². The molecule has 0 bridgehead atoms. The van der Waals surface area contributed by atoms with Gasteiger partial charge in [0.2, 0.25) is 5.95 Å². The number of aromatic amines is 1. The molecule has 32 heavy (non-hydrogen) atoms. The molecule has 0 atom stereocenters. The smallest absolute Gasteiger partial charge is 0.328 e. The van der Waals surface area contributed by atoms with Crippen molar-refractivity contribution in [1.29, 1.82) is 0 Å². The highest BCUT2D eigenvalue weighted by Crippen LogP contribution is 2.31. The Labute approximate surface area is 183 Å². The number of imidazole rings is 2. The molecule has 1 aliphatic heterocycles. The average Bonchev–Trinajstić information content (AvgIpc) is 3.46. The van der Waals surface area contributed by atoms with Gasteiger partial charge in [0, 0.05) is 25.8 Å². The zero-order valence-corrected chi connectivity index (χ0v) is 17.4. The maximum atomic E-state index is 13.0. The zero-order valence-electron chi connectivity index (χ0n) is 17.4. The van der Waals surface area contributed by atoms with Gasteiger partial charge in [0.1, 0.15) is 11.8 Å². The number of H-pyrrole nitrogens is 1. The van der Waals surface area contributed by atoms with Gasteiger partial charge in [0.25, 0.3) is 0 Å². The van der Waals surface area contributed by atoms with Crippen molar-refractivity contribution in [2.45, 2.75) is 31.7 Å². The highest BCUT2D eigenvalue weighted by Gasteiger charge is 2.26. The first-order chi connectivity index (χ1) is 15.7. The molecule has 2 aliphatic rings. The van der Waals surface area contributed by atoms with E-state index in [1.54, 1.807) is 27.6 Å².